The van der Waals surface area contributed by atoms with E-state index in [-0.39, 0.29) is 23.2 Å². The van der Waals surface area contributed by atoms with Gasteiger partial charge < -0.3 is 14.5 Å². The first kappa shape index (κ1) is 17.9. The Morgan fingerprint density at radius 3 is 2.67 bits per heavy atom. The number of rotatable bonds is 3. The molecule has 2 aliphatic heterocycles. The highest BCUT2D eigenvalue weighted by Crippen LogP contribution is 2.44. The molecule has 0 saturated carbocycles. The molecule has 1 aromatic carbocycles. The van der Waals surface area contributed by atoms with Crippen molar-refractivity contribution in [3.63, 3.8) is 0 Å². The number of amides is 1. The van der Waals surface area contributed by atoms with Gasteiger partial charge in [-0.2, -0.15) is 0 Å². The minimum Gasteiger partial charge on any atom is -0.377 e. The first-order chi connectivity index (χ1) is 13.0. The van der Waals surface area contributed by atoms with Crippen molar-refractivity contribution in [2.45, 2.75) is 24.5 Å². The Morgan fingerprint density at radius 1 is 1.22 bits per heavy atom. The third-order valence-electron chi connectivity index (χ3n) is 5.77. The summed E-state index contributed by atoms with van der Waals surface area (Å²) in [6.45, 7) is 1.63. The van der Waals surface area contributed by atoms with E-state index in [1.807, 2.05) is 6.07 Å². The Labute approximate surface area is 156 Å². The SMILES string of the molecule is COC1CN(c2cccc(F)c2)C12CCN(C(=O)c1ncccc1F)CC2. The number of benzene rings is 1. The average molecular weight is 373 g/mol. The lowest BCUT2D eigenvalue weighted by Crippen LogP contribution is -2.74. The number of nitrogens with zero attached hydrogens (tertiary/aromatic N) is 3. The zero-order valence-electron chi connectivity index (χ0n) is 15.1. The van der Waals surface area contributed by atoms with E-state index in [9.17, 15) is 13.6 Å². The minimum atomic E-state index is -0.609. The third kappa shape index (κ3) is 2.96. The summed E-state index contributed by atoms with van der Waals surface area (Å²) in [4.78, 5) is 20.3. The van der Waals surface area contributed by atoms with Crippen LogP contribution in [0.15, 0.2) is 42.6 Å². The molecule has 0 N–H and O–H groups in total. The molecular weight excluding hydrogens is 352 g/mol. The van der Waals surface area contributed by atoms with E-state index >= 15 is 0 Å². The van der Waals surface area contributed by atoms with Crippen molar-refractivity contribution >= 4 is 11.6 Å². The van der Waals surface area contributed by atoms with Crippen LogP contribution in [0.3, 0.4) is 0 Å². The predicted octanol–water partition coefficient (Wildman–Crippen LogP) is 2.87. The summed E-state index contributed by atoms with van der Waals surface area (Å²) in [6.07, 6.45) is 2.77. The summed E-state index contributed by atoms with van der Waals surface area (Å²) in [5, 5.41) is 0. The van der Waals surface area contributed by atoms with Crippen LogP contribution in [0.5, 0.6) is 0 Å². The van der Waals surface area contributed by atoms with E-state index < -0.39 is 11.7 Å². The number of hydrogen-bond acceptors (Lipinski definition) is 4. The van der Waals surface area contributed by atoms with Crippen LogP contribution in [0.1, 0.15) is 23.3 Å². The van der Waals surface area contributed by atoms with Gasteiger partial charge >= 0.3 is 0 Å². The third-order valence-corrected chi connectivity index (χ3v) is 5.77. The first-order valence-electron chi connectivity index (χ1n) is 9.01. The molecule has 0 radical (unpaired) electrons. The van der Waals surface area contributed by atoms with Gasteiger partial charge in [-0.25, -0.2) is 13.8 Å². The average Bonchev–Trinajstić information content (AvgIpc) is 2.67. The van der Waals surface area contributed by atoms with Gasteiger partial charge in [0.15, 0.2) is 11.5 Å². The van der Waals surface area contributed by atoms with Crippen molar-refractivity contribution in [1.82, 2.24) is 9.88 Å². The smallest absolute Gasteiger partial charge is 0.275 e. The molecule has 5 nitrogen and oxygen atoms in total. The number of methoxy groups -OCH3 is 1. The molecule has 0 bridgehead atoms. The maximum absolute atomic E-state index is 13.9. The van der Waals surface area contributed by atoms with Crippen molar-refractivity contribution in [3.05, 3.63) is 59.9 Å². The fourth-order valence-corrected chi connectivity index (χ4v) is 4.26. The molecule has 2 saturated heterocycles. The molecule has 3 heterocycles. The maximum atomic E-state index is 13.9. The zero-order valence-corrected chi connectivity index (χ0v) is 15.1. The van der Waals surface area contributed by atoms with Gasteiger partial charge in [0.05, 0.1) is 11.6 Å². The van der Waals surface area contributed by atoms with Gasteiger partial charge in [-0.15, -0.1) is 0 Å². The van der Waals surface area contributed by atoms with Gasteiger partial charge in [-0.3, -0.25) is 4.79 Å². The number of carbonyl (C=O) groups excluding carboxylic acids is 1. The topological polar surface area (TPSA) is 45.7 Å². The molecule has 7 heteroatoms. The maximum Gasteiger partial charge on any atom is 0.275 e. The molecule has 2 aromatic rings. The number of piperidine rings is 1. The first-order valence-corrected chi connectivity index (χ1v) is 9.01. The molecule has 0 aliphatic carbocycles. The van der Waals surface area contributed by atoms with Crippen LogP contribution >= 0.6 is 0 Å². The quantitative estimate of drug-likeness (QED) is 0.830. The van der Waals surface area contributed by atoms with Gasteiger partial charge in [0.25, 0.3) is 5.91 Å². The van der Waals surface area contributed by atoms with Gasteiger partial charge in [0, 0.05) is 38.6 Å². The molecular formula is C20H21F2N3O2. The van der Waals surface area contributed by atoms with E-state index in [4.69, 9.17) is 4.74 Å². The van der Waals surface area contributed by atoms with E-state index in [2.05, 4.69) is 9.88 Å². The molecule has 1 unspecified atom stereocenters. The molecule has 142 valence electrons. The van der Waals surface area contributed by atoms with Gasteiger partial charge in [0.1, 0.15) is 5.82 Å². The van der Waals surface area contributed by atoms with Crippen molar-refractivity contribution in [2.75, 3.05) is 31.6 Å². The number of hydrogen-bond donors (Lipinski definition) is 0. The fourth-order valence-electron chi connectivity index (χ4n) is 4.26. The molecule has 4 rings (SSSR count). The van der Waals surface area contributed by atoms with Crippen LogP contribution in [0.4, 0.5) is 14.5 Å². The van der Waals surface area contributed by atoms with Crippen LogP contribution < -0.4 is 4.90 Å². The summed E-state index contributed by atoms with van der Waals surface area (Å²) >= 11 is 0. The number of aromatic nitrogens is 1. The molecule has 1 amide bonds. The summed E-state index contributed by atoms with van der Waals surface area (Å²) in [5.74, 6) is -1.28. The van der Waals surface area contributed by atoms with Crippen LogP contribution in [0, 0.1) is 11.6 Å². The van der Waals surface area contributed by atoms with Crippen molar-refractivity contribution in [2.24, 2.45) is 0 Å². The number of likely N-dealkylation sites (tertiary alicyclic amines) is 1. The van der Waals surface area contributed by atoms with Gasteiger partial charge in [-0.1, -0.05) is 6.07 Å². The molecule has 27 heavy (non-hydrogen) atoms. The molecule has 1 aromatic heterocycles. The Hall–Kier alpha value is -2.54. The highest BCUT2D eigenvalue weighted by molar-refractivity contribution is 5.92. The highest BCUT2D eigenvalue weighted by Gasteiger charge is 2.55. The lowest BCUT2D eigenvalue weighted by atomic mass is 9.73. The minimum absolute atomic E-state index is 0.0182. The monoisotopic (exact) mass is 373 g/mol. The standard InChI is InChI=1S/C20H21F2N3O2/c1-27-17-13-25(15-5-2-4-14(21)12-15)20(17)7-10-24(11-8-20)19(26)18-16(22)6-3-9-23-18/h2-6,9,12,17H,7-8,10-11,13H2,1H3. The van der Waals surface area contributed by atoms with Gasteiger partial charge in [-0.05, 0) is 43.2 Å². The lowest BCUT2D eigenvalue weighted by molar-refractivity contribution is -0.0434. The molecule has 2 aliphatic rings. The lowest BCUT2D eigenvalue weighted by Gasteiger charge is -2.61. The second-order valence-corrected chi connectivity index (χ2v) is 7.04. The molecule has 1 atom stereocenters. The van der Waals surface area contributed by atoms with Crippen molar-refractivity contribution in [3.8, 4) is 0 Å². The van der Waals surface area contributed by atoms with E-state index in [0.717, 1.165) is 5.69 Å². The molecule has 2 fully saturated rings. The number of halogens is 2. The van der Waals surface area contributed by atoms with Crippen molar-refractivity contribution < 1.29 is 18.3 Å². The Morgan fingerprint density at radius 2 is 2.00 bits per heavy atom. The second-order valence-electron chi connectivity index (χ2n) is 7.04. The Bertz CT molecular complexity index is 853. The number of pyridine rings is 1. The van der Waals surface area contributed by atoms with Crippen LogP contribution in [-0.4, -0.2) is 54.2 Å². The summed E-state index contributed by atoms with van der Waals surface area (Å²) in [5.41, 5.74) is 0.397. The van der Waals surface area contributed by atoms with Gasteiger partial charge in [0.2, 0.25) is 0 Å². The fraction of sp³-hybridized carbons (Fsp3) is 0.400. The predicted molar refractivity (Wildman–Crippen MR) is 96.6 cm³/mol. The van der Waals surface area contributed by atoms with Crippen molar-refractivity contribution in [1.29, 1.82) is 0 Å². The largest absolute Gasteiger partial charge is 0.377 e. The summed E-state index contributed by atoms with van der Waals surface area (Å²) in [6, 6.07) is 9.23. The number of anilines is 1. The van der Waals surface area contributed by atoms with Crippen LogP contribution in [0.25, 0.3) is 0 Å². The van der Waals surface area contributed by atoms with Crippen LogP contribution in [-0.2, 0) is 4.74 Å². The zero-order chi connectivity index (χ0) is 19.0. The Balaban J connectivity index is 1.52. The van der Waals surface area contributed by atoms with E-state index in [1.54, 1.807) is 18.1 Å². The number of carbonyl (C=O) groups is 1. The summed E-state index contributed by atoms with van der Waals surface area (Å²) in [7, 11) is 1.68. The van der Waals surface area contributed by atoms with Crippen LogP contribution in [0.2, 0.25) is 0 Å². The van der Waals surface area contributed by atoms with E-state index in [1.165, 1.54) is 30.5 Å². The summed E-state index contributed by atoms with van der Waals surface area (Å²) < 4.78 is 33.2. The molecule has 1 spiro atoms. The Kier molecular flexibility index (Phi) is 4.55. The normalized spacial score (nSPS) is 21.2. The second kappa shape index (κ2) is 6.88. The van der Waals surface area contributed by atoms with E-state index in [0.29, 0.717) is 32.5 Å². The highest BCUT2D eigenvalue weighted by atomic mass is 19.1. The number of ether oxygens (including phenoxy) is 1.